The summed E-state index contributed by atoms with van der Waals surface area (Å²) in [5.41, 5.74) is 5.62. The van der Waals surface area contributed by atoms with E-state index in [9.17, 15) is 13.2 Å². The minimum atomic E-state index is -3.16. The van der Waals surface area contributed by atoms with Crippen molar-refractivity contribution in [2.45, 2.75) is 44.7 Å². The summed E-state index contributed by atoms with van der Waals surface area (Å²) in [6, 6.07) is -0.389. The molecule has 0 aromatic heterocycles. The van der Waals surface area contributed by atoms with Crippen LogP contribution in [0.4, 0.5) is 0 Å². The van der Waals surface area contributed by atoms with Crippen LogP contribution in [0.1, 0.15) is 32.6 Å². The van der Waals surface area contributed by atoms with E-state index in [0.717, 1.165) is 32.1 Å². The lowest BCUT2D eigenvalue weighted by Gasteiger charge is -2.36. The van der Waals surface area contributed by atoms with Gasteiger partial charge in [-0.1, -0.05) is 0 Å². The van der Waals surface area contributed by atoms with Crippen LogP contribution in [-0.4, -0.2) is 50.7 Å². The summed E-state index contributed by atoms with van der Waals surface area (Å²) in [4.78, 5) is 13.7. The number of likely N-dealkylation sites (tertiary alicyclic amines) is 1. The summed E-state index contributed by atoms with van der Waals surface area (Å²) < 4.78 is 24.4. The maximum atomic E-state index is 11.9. The zero-order valence-electron chi connectivity index (χ0n) is 11.1. The van der Waals surface area contributed by atoms with Crippen LogP contribution < -0.4 is 10.5 Å². The average molecular weight is 277 g/mol. The first-order valence-electron chi connectivity index (χ1n) is 6.32. The Labute approximate surface area is 109 Å². The minimum Gasteiger partial charge on any atom is -0.338 e. The quantitative estimate of drug-likeness (QED) is 0.718. The maximum absolute atomic E-state index is 11.9. The number of nitrogens with one attached hydrogen (secondary N) is 1. The highest BCUT2D eigenvalue weighted by Gasteiger charge is 2.27. The summed E-state index contributed by atoms with van der Waals surface area (Å²) in [7, 11) is -3.16. The van der Waals surface area contributed by atoms with Gasteiger partial charge >= 0.3 is 0 Å². The largest absolute Gasteiger partial charge is 0.338 e. The van der Waals surface area contributed by atoms with Crippen molar-refractivity contribution in [3.63, 3.8) is 0 Å². The molecule has 0 aromatic carbocycles. The van der Waals surface area contributed by atoms with Crippen molar-refractivity contribution < 1.29 is 13.2 Å². The summed E-state index contributed by atoms with van der Waals surface area (Å²) in [6.07, 6.45) is 4.77. The zero-order chi connectivity index (χ0) is 13.8. The van der Waals surface area contributed by atoms with E-state index >= 15 is 0 Å². The zero-order valence-corrected chi connectivity index (χ0v) is 11.9. The molecule has 1 aliphatic heterocycles. The molecule has 1 rings (SSSR count). The molecule has 0 saturated carbocycles. The third-order valence-corrected chi connectivity index (χ3v) is 3.87. The van der Waals surface area contributed by atoms with Gasteiger partial charge in [0.05, 0.1) is 12.3 Å². The first-order chi connectivity index (χ1) is 8.31. The Hall–Kier alpha value is -0.660. The topological polar surface area (TPSA) is 92.5 Å². The van der Waals surface area contributed by atoms with Gasteiger partial charge in [0.15, 0.2) is 0 Å². The van der Waals surface area contributed by atoms with Crippen LogP contribution in [0.5, 0.6) is 0 Å². The standard InChI is InChI=1S/C11H23N3O3S/c1-9(12)11(15)14-8-4-3-5-10(14)6-7-13-18(2,16)17/h9-10,13H,3-8,12H2,1-2H3/t9-,10?/m1/s1. The van der Waals surface area contributed by atoms with Crippen LogP contribution in [0.15, 0.2) is 0 Å². The van der Waals surface area contributed by atoms with Gasteiger partial charge in [0.1, 0.15) is 0 Å². The van der Waals surface area contributed by atoms with Crippen molar-refractivity contribution in [1.29, 1.82) is 0 Å². The van der Waals surface area contributed by atoms with Crippen molar-refractivity contribution in [2.75, 3.05) is 19.3 Å². The number of hydrogen-bond acceptors (Lipinski definition) is 4. The van der Waals surface area contributed by atoms with E-state index in [0.29, 0.717) is 13.0 Å². The van der Waals surface area contributed by atoms with E-state index in [-0.39, 0.29) is 11.9 Å². The molecule has 0 spiro atoms. The van der Waals surface area contributed by atoms with Crippen molar-refractivity contribution >= 4 is 15.9 Å². The van der Waals surface area contributed by atoms with Crippen LogP contribution in [0, 0.1) is 0 Å². The van der Waals surface area contributed by atoms with Crippen LogP contribution in [0.3, 0.4) is 0 Å². The normalized spacial score (nSPS) is 22.8. The van der Waals surface area contributed by atoms with Crippen LogP contribution in [-0.2, 0) is 14.8 Å². The van der Waals surface area contributed by atoms with Crippen LogP contribution in [0.25, 0.3) is 0 Å². The number of carbonyl (C=O) groups is 1. The molecule has 0 aromatic rings. The van der Waals surface area contributed by atoms with Crippen LogP contribution in [0.2, 0.25) is 0 Å². The lowest BCUT2D eigenvalue weighted by Crippen LogP contribution is -2.50. The summed E-state index contributed by atoms with van der Waals surface area (Å²) >= 11 is 0. The second kappa shape index (κ2) is 6.49. The summed E-state index contributed by atoms with van der Waals surface area (Å²) in [5, 5.41) is 0. The number of carbonyl (C=O) groups excluding carboxylic acids is 1. The second-order valence-corrected chi connectivity index (χ2v) is 6.76. The molecule has 0 radical (unpaired) electrons. The number of amides is 1. The Kier molecular flexibility index (Phi) is 5.55. The maximum Gasteiger partial charge on any atom is 0.239 e. The molecule has 3 N–H and O–H groups in total. The number of nitrogens with zero attached hydrogens (tertiary/aromatic N) is 1. The molecule has 18 heavy (non-hydrogen) atoms. The van der Waals surface area contributed by atoms with Gasteiger partial charge in [-0.25, -0.2) is 13.1 Å². The van der Waals surface area contributed by atoms with E-state index in [2.05, 4.69) is 4.72 Å². The molecule has 1 saturated heterocycles. The fraction of sp³-hybridized carbons (Fsp3) is 0.909. The van der Waals surface area contributed by atoms with Crippen LogP contribution >= 0.6 is 0 Å². The summed E-state index contributed by atoms with van der Waals surface area (Å²) in [6.45, 7) is 2.78. The number of piperidine rings is 1. The highest BCUT2D eigenvalue weighted by Crippen LogP contribution is 2.20. The van der Waals surface area contributed by atoms with Gasteiger partial charge in [0.2, 0.25) is 15.9 Å². The predicted molar refractivity (Wildman–Crippen MR) is 70.5 cm³/mol. The van der Waals surface area contributed by atoms with E-state index in [4.69, 9.17) is 5.73 Å². The molecular weight excluding hydrogens is 254 g/mol. The van der Waals surface area contributed by atoms with E-state index < -0.39 is 16.1 Å². The molecule has 7 heteroatoms. The van der Waals surface area contributed by atoms with Crippen molar-refractivity contribution in [1.82, 2.24) is 9.62 Å². The van der Waals surface area contributed by atoms with Gasteiger partial charge in [-0.2, -0.15) is 0 Å². The Bertz CT molecular complexity index is 381. The molecular formula is C11H23N3O3S. The number of nitrogens with two attached hydrogens (primary N) is 1. The number of rotatable bonds is 5. The molecule has 106 valence electrons. The highest BCUT2D eigenvalue weighted by atomic mass is 32.2. The third kappa shape index (κ3) is 4.91. The lowest BCUT2D eigenvalue weighted by atomic mass is 9.98. The molecule has 0 bridgehead atoms. The fourth-order valence-corrected chi connectivity index (χ4v) is 2.75. The van der Waals surface area contributed by atoms with E-state index in [1.54, 1.807) is 11.8 Å². The second-order valence-electron chi connectivity index (χ2n) is 4.93. The number of hydrogen-bond donors (Lipinski definition) is 2. The van der Waals surface area contributed by atoms with Gasteiger partial charge in [0, 0.05) is 19.1 Å². The van der Waals surface area contributed by atoms with Gasteiger partial charge < -0.3 is 10.6 Å². The predicted octanol–water partition coefficient (Wildman–Crippen LogP) is -0.346. The molecule has 2 atom stereocenters. The Morgan fingerprint density at radius 1 is 1.50 bits per heavy atom. The van der Waals surface area contributed by atoms with Crippen molar-refractivity contribution in [3.05, 3.63) is 0 Å². The Morgan fingerprint density at radius 2 is 2.17 bits per heavy atom. The molecule has 1 amide bonds. The monoisotopic (exact) mass is 277 g/mol. The molecule has 1 heterocycles. The molecule has 6 nitrogen and oxygen atoms in total. The lowest BCUT2D eigenvalue weighted by molar-refractivity contribution is -0.136. The fourth-order valence-electron chi connectivity index (χ4n) is 2.26. The van der Waals surface area contributed by atoms with Gasteiger partial charge in [-0.15, -0.1) is 0 Å². The SMILES string of the molecule is C[C@@H](N)C(=O)N1CCCCC1CCNS(C)(=O)=O. The van der Waals surface area contributed by atoms with E-state index in [1.807, 2.05) is 0 Å². The minimum absolute atomic E-state index is 0.0425. The van der Waals surface area contributed by atoms with Crippen molar-refractivity contribution in [2.24, 2.45) is 5.73 Å². The Morgan fingerprint density at radius 3 is 2.72 bits per heavy atom. The van der Waals surface area contributed by atoms with Gasteiger partial charge in [-0.05, 0) is 32.6 Å². The Balaban J connectivity index is 2.52. The average Bonchev–Trinajstić information content (AvgIpc) is 2.27. The molecule has 1 unspecified atom stereocenters. The molecule has 0 aliphatic carbocycles. The van der Waals surface area contributed by atoms with E-state index in [1.165, 1.54) is 0 Å². The van der Waals surface area contributed by atoms with Gasteiger partial charge in [0.25, 0.3) is 0 Å². The smallest absolute Gasteiger partial charge is 0.239 e. The molecule has 1 fully saturated rings. The molecule has 1 aliphatic rings. The van der Waals surface area contributed by atoms with Crippen molar-refractivity contribution in [3.8, 4) is 0 Å². The third-order valence-electron chi connectivity index (χ3n) is 3.14. The number of sulfonamides is 1. The first-order valence-corrected chi connectivity index (χ1v) is 8.21. The summed E-state index contributed by atoms with van der Waals surface area (Å²) in [5.74, 6) is -0.0425. The highest BCUT2D eigenvalue weighted by molar-refractivity contribution is 7.88. The first kappa shape index (κ1) is 15.4. The van der Waals surface area contributed by atoms with Gasteiger partial charge in [-0.3, -0.25) is 4.79 Å².